The van der Waals surface area contributed by atoms with Crippen molar-refractivity contribution in [1.29, 1.82) is 0 Å². The molecule has 12 heavy (non-hydrogen) atoms. The van der Waals surface area contributed by atoms with Gasteiger partial charge in [-0.1, -0.05) is 13.0 Å². The summed E-state index contributed by atoms with van der Waals surface area (Å²) in [5.41, 5.74) is -0.228. The Hall–Kier alpha value is -0.380. The highest BCUT2D eigenvalue weighted by Crippen LogP contribution is 2.27. The van der Waals surface area contributed by atoms with E-state index in [4.69, 9.17) is 0 Å². The lowest BCUT2D eigenvalue weighted by molar-refractivity contribution is 0.167. The summed E-state index contributed by atoms with van der Waals surface area (Å²) in [5.74, 6) is 0. The minimum absolute atomic E-state index is 0.153. The van der Waals surface area contributed by atoms with Gasteiger partial charge in [0.25, 0.3) is 0 Å². The van der Waals surface area contributed by atoms with E-state index in [-0.39, 0.29) is 12.1 Å². The maximum Gasteiger partial charge on any atom is 0.0757 e. The number of aliphatic hydroxyl groups is 1. The van der Waals surface area contributed by atoms with Crippen LogP contribution in [0.1, 0.15) is 18.2 Å². The van der Waals surface area contributed by atoms with Gasteiger partial charge in [0.15, 0.2) is 0 Å². The maximum atomic E-state index is 9.29. The Labute approximate surface area is 77.2 Å². The number of aliphatic hydroxyl groups excluding tert-OH is 1. The monoisotopic (exact) mass is 185 g/mol. The first-order valence-electron chi connectivity index (χ1n) is 4.13. The average molecular weight is 185 g/mol. The molecule has 1 atom stereocenters. The van der Waals surface area contributed by atoms with Crippen molar-refractivity contribution in [2.24, 2.45) is 0 Å². The molecule has 0 fully saturated rings. The number of thiophene rings is 1. The molecular weight excluding hydrogens is 170 g/mol. The summed E-state index contributed by atoms with van der Waals surface area (Å²) in [6, 6.07) is 4.07. The van der Waals surface area contributed by atoms with Crippen LogP contribution in [-0.2, 0) is 5.54 Å². The van der Waals surface area contributed by atoms with Gasteiger partial charge in [-0.25, -0.2) is 0 Å². The second-order valence-electron chi connectivity index (χ2n) is 2.82. The van der Waals surface area contributed by atoms with E-state index in [2.05, 4.69) is 18.3 Å². The van der Waals surface area contributed by atoms with Crippen LogP contribution in [0.15, 0.2) is 17.5 Å². The number of hydrogen-bond donors (Lipinski definition) is 2. The molecule has 0 saturated carbocycles. The fourth-order valence-corrected chi connectivity index (χ4v) is 2.29. The molecule has 0 amide bonds. The molecule has 0 aliphatic rings. The van der Waals surface area contributed by atoms with Crippen molar-refractivity contribution in [1.82, 2.24) is 5.32 Å². The molecule has 3 heteroatoms. The number of rotatable bonds is 4. The van der Waals surface area contributed by atoms with Crippen molar-refractivity contribution in [3.63, 3.8) is 0 Å². The van der Waals surface area contributed by atoms with Crippen LogP contribution >= 0.6 is 11.3 Å². The third-order valence-electron chi connectivity index (χ3n) is 2.34. The molecule has 0 bridgehead atoms. The van der Waals surface area contributed by atoms with E-state index in [9.17, 15) is 5.11 Å². The molecule has 1 heterocycles. The Balaban J connectivity index is 2.93. The highest BCUT2D eigenvalue weighted by molar-refractivity contribution is 7.10. The molecule has 0 radical (unpaired) electrons. The molecule has 0 aromatic carbocycles. The van der Waals surface area contributed by atoms with Crippen molar-refractivity contribution in [2.45, 2.75) is 18.9 Å². The van der Waals surface area contributed by atoms with Gasteiger partial charge in [-0.2, -0.15) is 0 Å². The summed E-state index contributed by atoms with van der Waals surface area (Å²) in [6.45, 7) is 2.23. The summed E-state index contributed by atoms with van der Waals surface area (Å²) >= 11 is 1.68. The molecule has 0 aliphatic carbocycles. The van der Waals surface area contributed by atoms with E-state index >= 15 is 0 Å². The fraction of sp³-hybridized carbons (Fsp3) is 0.556. The van der Waals surface area contributed by atoms with Crippen molar-refractivity contribution < 1.29 is 5.11 Å². The normalized spacial score (nSPS) is 15.9. The zero-order chi connectivity index (χ0) is 9.03. The Morgan fingerprint density at radius 1 is 1.67 bits per heavy atom. The second kappa shape index (κ2) is 4.03. The van der Waals surface area contributed by atoms with Gasteiger partial charge in [-0.3, -0.25) is 0 Å². The molecule has 1 rings (SSSR count). The van der Waals surface area contributed by atoms with E-state index in [0.29, 0.717) is 0 Å². The van der Waals surface area contributed by atoms with E-state index < -0.39 is 0 Å². The Kier molecular flexibility index (Phi) is 3.26. The van der Waals surface area contributed by atoms with Crippen LogP contribution in [0.25, 0.3) is 0 Å². The van der Waals surface area contributed by atoms with Gasteiger partial charge in [-0.05, 0) is 24.9 Å². The van der Waals surface area contributed by atoms with E-state index in [1.165, 1.54) is 4.88 Å². The Morgan fingerprint density at radius 3 is 2.75 bits per heavy atom. The Morgan fingerprint density at radius 2 is 2.42 bits per heavy atom. The lowest BCUT2D eigenvalue weighted by atomic mass is 9.95. The average Bonchev–Trinajstić information content (AvgIpc) is 2.62. The van der Waals surface area contributed by atoms with Crippen LogP contribution in [0.4, 0.5) is 0 Å². The molecule has 68 valence electrons. The topological polar surface area (TPSA) is 32.3 Å². The summed E-state index contributed by atoms with van der Waals surface area (Å²) in [7, 11) is 1.89. The first-order valence-corrected chi connectivity index (χ1v) is 5.01. The van der Waals surface area contributed by atoms with Gasteiger partial charge < -0.3 is 10.4 Å². The number of likely N-dealkylation sites (N-methyl/N-ethyl adjacent to an activating group) is 1. The van der Waals surface area contributed by atoms with Crippen LogP contribution in [0.5, 0.6) is 0 Å². The minimum Gasteiger partial charge on any atom is -0.394 e. The van der Waals surface area contributed by atoms with Gasteiger partial charge in [-0.15, -0.1) is 11.3 Å². The largest absolute Gasteiger partial charge is 0.394 e. The molecule has 1 aromatic heterocycles. The predicted octanol–water partition coefficient (Wildman–Crippen LogP) is 1.57. The molecule has 0 aliphatic heterocycles. The van der Waals surface area contributed by atoms with Crippen LogP contribution in [0.2, 0.25) is 0 Å². The molecule has 0 spiro atoms. The number of hydrogen-bond acceptors (Lipinski definition) is 3. The molecule has 2 N–H and O–H groups in total. The Bertz CT molecular complexity index is 208. The third-order valence-corrected chi connectivity index (χ3v) is 3.42. The van der Waals surface area contributed by atoms with Crippen LogP contribution in [0, 0.1) is 0 Å². The van der Waals surface area contributed by atoms with E-state index in [0.717, 1.165) is 6.42 Å². The molecule has 2 nitrogen and oxygen atoms in total. The SMILES string of the molecule is CCC(CO)(NC)c1cccs1. The third kappa shape index (κ3) is 1.53. The van der Waals surface area contributed by atoms with Gasteiger partial charge in [0.05, 0.1) is 12.1 Å². The maximum absolute atomic E-state index is 9.29. The highest BCUT2D eigenvalue weighted by atomic mass is 32.1. The molecular formula is C9H15NOS. The lowest BCUT2D eigenvalue weighted by Gasteiger charge is -2.29. The van der Waals surface area contributed by atoms with Gasteiger partial charge in [0.2, 0.25) is 0 Å². The quantitative estimate of drug-likeness (QED) is 0.746. The van der Waals surface area contributed by atoms with Crippen molar-refractivity contribution >= 4 is 11.3 Å². The summed E-state index contributed by atoms with van der Waals surface area (Å²) < 4.78 is 0. The summed E-state index contributed by atoms with van der Waals surface area (Å²) in [6.07, 6.45) is 0.903. The smallest absolute Gasteiger partial charge is 0.0757 e. The molecule has 1 unspecified atom stereocenters. The van der Waals surface area contributed by atoms with Crippen LogP contribution < -0.4 is 5.32 Å². The first-order chi connectivity index (χ1) is 5.79. The summed E-state index contributed by atoms with van der Waals surface area (Å²) in [4.78, 5) is 1.20. The lowest BCUT2D eigenvalue weighted by Crippen LogP contribution is -2.42. The standard InChI is InChI=1S/C9H15NOS/c1-3-9(7-11,10-2)8-5-4-6-12-8/h4-6,10-11H,3,7H2,1-2H3. The number of nitrogens with one attached hydrogen (secondary N) is 1. The molecule has 1 aromatic rings. The van der Waals surface area contributed by atoms with Crippen molar-refractivity contribution in [3.05, 3.63) is 22.4 Å². The van der Waals surface area contributed by atoms with E-state index in [1.54, 1.807) is 11.3 Å². The van der Waals surface area contributed by atoms with E-state index in [1.807, 2.05) is 18.5 Å². The van der Waals surface area contributed by atoms with Gasteiger partial charge >= 0.3 is 0 Å². The fourth-order valence-electron chi connectivity index (χ4n) is 1.29. The van der Waals surface area contributed by atoms with Crippen molar-refractivity contribution in [2.75, 3.05) is 13.7 Å². The zero-order valence-corrected chi connectivity index (χ0v) is 8.32. The highest BCUT2D eigenvalue weighted by Gasteiger charge is 2.28. The minimum atomic E-state index is -0.228. The van der Waals surface area contributed by atoms with Gasteiger partial charge in [0.1, 0.15) is 0 Å². The second-order valence-corrected chi connectivity index (χ2v) is 3.77. The van der Waals surface area contributed by atoms with Crippen LogP contribution in [0.3, 0.4) is 0 Å². The first kappa shape index (κ1) is 9.71. The molecule has 0 saturated heterocycles. The van der Waals surface area contributed by atoms with Crippen molar-refractivity contribution in [3.8, 4) is 0 Å². The summed E-state index contributed by atoms with van der Waals surface area (Å²) in [5, 5.41) is 14.5. The van der Waals surface area contributed by atoms with Crippen LogP contribution in [-0.4, -0.2) is 18.8 Å². The predicted molar refractivity (Wildman–Crippen MR) is 52.4 cm³/mol. The van der Waals surface area contributed by atoms with Gasteiger partial charge in [0, 0.05) is 4.88 Å². The zero-order valence-electron chi connectivity index (χ0n) is 7.50.